The molecule has 90 valence electrons. The van der Waals surface area contributed by atoms with Crippen molar-refractivity contribution in [1.29, 1.82) is 0 Å². The maximum atomic E-state index is 5.67. The molecule has 1 rings (SSSR count). The third-order valence-electron chi connectivity index (χ3n) is 2.33. The van der Waals surface area contributed by atoms with Gasteiger partial charge in [-0.2, -0.15) is 0 Å². The van der Waals surface area contributed by atoms with Crippen LogP contribution in [0.5, 0.6) is 5.75 Å². The normalized spacial score (nSPS) is 10.4. The predicted molar refractivity (Wildman–Crippen MR) is 66.0 cm³/mol. The van der Waals surface area contributed by atoms with Gasteiger partial charge in [0.05, 0.1) is 13.2 Å². The highest BCUT2D eigenvalue weighted by Gasteiger charge is 1.96. The van der Waals surface area contributed by atoms with Gasteiger partial charge in [-0.1, -0.05) is 18.2 Å². The second-order valence-electron chi connectivity index (χ2n) is 3.71. The summed E-state index contributed by atoms with van der Waals surface area (Å²) in [5.41, 5.74) is 1.19. The highest BCUT2D eigenvalue weighted by molar-refractivity contribution is 5.31. The monoisotopic (exact) mass is 223 g/mol. The van der Waals surface area contributed by atoms with Crippen molar-refractivity contribution in [2.75, 3.05) is 33.4 Å². The number of para-hydroxylation sites is 1. The number of rotatable bonds is 8. The lowest BCUT2D eigenvalue weighted by molar-refractivity contribution is 0.198. The number of hydrogen-bond donors (Lipinski definition) is 1. The lowest BCUT2D eigenvalue weighted by atomic mass is 10.2. The van der Waals surface area contributed by atoms with Gasteiger partial charge in [0.1, 0.15) is 5.75 Å². The quantitative estimate of drug-likeness (QED) is 0.684. The molecule has 0 aliphatic carbocycles. The minimum Gasteiger partial charge on any atom is -0.493 e. The molecule has 3 nitrogen and oxygen atoms in total. The molecule has 0 fully saturated rings. The molecule has 0 saturated heterocycles. The number of ether oxygens (including phenoxy) is 2. The molecule has 0 aromatic heterocycles. The highest BCUT2D eigenvalue weighted by Crippen LogP contribution is 2.15. The van der Waals surface area contributed by atoms with Crippen LogP contribution in [-0.4, -0.2) is 33.4 Å². The van der Waals surface area contributed by atoms with Crippen molar-refractivity contribution in [3.63, 3.8) is 0 Å². The molecule has 16 heavy (non-hydrogen) atoms. The van der Waals surface area contributed by atoms with E-state index >= 15 is 0 Å². The van der Waals surface area contributed by atoms with Gasteiger partial charge in [-0.15, -0.1) is 0 Å². The Morgan fingerprint density at radius 3 is 2.69 bits per heavy atom. The molecule has 3 heteroatoms. The summed E-state index contributed by atoms with van der Waals surface area (Å²) in [6, 6.07) is 8.09. The van der Waals surface area contributed by atoms with Crippen molar-refractivity contribution in [2.24, 2.45) is 0 Å². The van der Waals surface area contributed by atoms with Gasteiger partial charge in [-0.25, -0.2) is 0 Å². The van der Waals surface area contributed by atoms with Crippen molar-refractivity contribution in [1.82, 2.24) is 5.32 Å². The standard InChI is InChI=1S/C13H21NO2/c1-12-6-3-4-7-13(12)16-10-5-8-14-9-11-15-2/h3-4,6-7,14H,5,8-11H2,1-2H3. The summed E-state index contributed by atoms with van der Waals surface area (Å²) in [6.07, 6.45) is 1.01. The van der Waals surface area contributed by atoms with Gasteiger partial charge in [0.2, 0.25) is 0 Å². The van der Waals surface area contributed by atoms with Crippen molar-refractivity contribution in [2.45, 2.75) is 13.3 Å². The van der Waals surface area contributed by atoms with Gasteiger partial charge in [0, 0.05) is 13.7 Å². The van der Waals surface area contributed by atoms with E-state index in [2.05, 4.69) is 18.3 Å². The molecule has 0 aliphatic heterocycles. The summed E-state index contributed by atoms with van der Waals surface area (Å²) in [7, 11) is 1.71. The molecule has 0 atom stereocenters. The Morgan fingerprint density at radius 2 is 1.94 bits per heavy atom. The number of nitrogens with one attached hydrogen (secondary N) is 1. The summed E-state index contributed by atoms with van der Waals surface area (Å²) in [5, 5.41) is 3.28. The fourth-order valence-corrected chi connectivity index (χ4v) is 1.40. The molecule has 0 amide bonds. The molecular weight excluding hydrogens is 202 g/mol. The van der Waals surface area contributed by atoms with E-state index in [9.17, 15) is 0 Å². The molecule has 1 N–H and O–H groups in total. The van der Waals surface area contributed by atoms with Gasteiger partial charge >= 0.3 is 0 Å². The molecule has 0 spiro atoms. The Balaban J connectivity index is 2.05. The third-order valence-corrected chi connectivity index (χ3v) is 2.33. The first-order valence-corrected chi connectivity index (χ1v) is 5.72. The maximum absolute atomic E-state index is 5.67. The summed E-state index contributed by atoms with van der Waals surface area (Å²) < 4.78 is 10.6. The number of methoxy groups -OCH3 is 1. The van der Waals surface area contributed by atoms with Crippen LogP contribution in [0.2, 0.25) is 0 Å². The van der Waals surface area contributed by atoms with Crippen LogP contribution in [-0.2, 0) is 4.74 Å². The van der Waals surface area contributed by atoms with E-state index in [4.69, 9.17) is 9.47 Å². The second-order valence-corrected chi connectivity index (χ2v) is 3.71. The predicted octanol–water partition coefficient (Wildman–Crippen LogP) is 2.00. The van der Waals surface area contributed by atoms with Crippen molar-refractivity contribution < 1.29 is 9.47 Å². The Morgan fingerprint density at radius 1 is 1.12 bits per heavy atom. The van der Waals surface area contributed by atoms with E-state index < -0.39 is 0 Å². The minimum atomic E-state index is 0.755. The molecule has 0 heterocycles. The summed E-state index contributed by atoms with van der Waals surface area (Å²) in [6.45, 7) is 5.45. The first-order valence-electron chi connectivity index (χ1n) is 5.72. The van der Waals surface area contributed by atoms with E-state index in [0.717, 1.165) is 38.5 Å². The number of hydrogen-bond acceptors (Lipinski definition) is 3. The van der Waals surface area contributed by atoms with Gasteiger partial charge < -0.3 is 14.8 Å². The smallest absolute Gasteiger partial charge is 0.122 e. The van der Waals surface area contributed by atoms with Crippen LogP contribution in [0.4, 0.5) is 0 Å². The first kappa shape index (κ1) is 13.0. The largest absolute Gasteiger partial charge is 0.493 e. The zero-order valence-corrected chi connectivity index (χ0v) is 10.2. The molecule has 0 aliphatic rings. The summed E-state index contributed by atoms with van der Waals surface area (Å²) in [4.78, 5) is 0. The summed E-state index contributed by atoms with van der Waals surface area (Å²) >= 11 is 0. The lowest BCUT2D eigenvalue weighted by Gasteiger charge is -2.09. The number of benzene rings is 1. The van der Waals surface area contributed by atoms with Crippen molar-refractivity contribution in [3.8, 4) is 5.75 Å². The SMILES string of the molecule is COCCNCCCOc1ccccc1C. The zero-order chi connectivity index (χ0) is 11.6. The van der Waals surface area contributed by atoms with Gasteiger partial charge in [0.25, 0.3) is 0 Å². The molecule has 1 aromatic rings. The van der Waals surface area contributed by atoms with E-state index in [1.807, 2.05) is 18.2 Å². The van der Waals surface area contributed by atoms with Gasteiger partial charge in [-0.05, 0) is 31.5 Å². The van der Waals surface area contributed by atoms with E-state index in [-0.39, 0.29) is 0 Å². The maximum Gasteiger partial charge on any atom is 0.122 e. The molecule has 0 radical (unpaired) electrons. The van der Waals surface area contributed by atoms with Crippen LogP contribution in [0, 0.1) is 6.92 Å². The van der Waals surface area contributed by atoms with Crippen LogP contribution in [0.3, 0.4) is 0 Å². The zero-order valence-electron chi connectivity index (χ0n) is 10.2. The van der Waals surface area contributed by atoms with Gasteiger partial charge in [0.15, 0.2) is 0 Å². The second kappa shape index (κ2) is 8.13. The van der Waals surface area contributed by atoms with Crippen molar-refractivity contribution >= 4 is 0 Å². The molecule has 0 saturated carbocycles. The average Bonchev–Trinajstić information content (AvgIpc) is 2.30. The van der Waals surface area contributed by atoms with Crippen molar-refractivity contribution in [3.05, 3.63) is 29.8 Å². The molecule has 0 bridgehead atoms. The topological polar surface area (TPSA) is 30.5 Å². The van der Waals surface area contributed by atoms with Crippen LogP contribution in [0.15, 0.2) is 24.3 Å². The minimum absolute atomic E-state index is 0.755. The Kier molecular flexibility index (Phi) is 6.61. The van der Waals surface area contributed by atoms with Crippen LogP contribution in [0.1, 0.15) is 12.0 Å². The summed E-state index contributed by atoms with van der Waals surface area (Å²) in [5.74, 6) is 0.986. The van der Waals surface area contributed by atoms with Crippen LogP contribution < -0.4 is 10.1 Å². The van der Waals surface area contributed by atoms with E-state index in [1.54, 1.807) is 7.11 Å². The number of aryl methyl sites for hydroxylation is 1. The Labute approximate surface area is 97.8 Å². The average molecular weight is 223 g/mol. The molecule has 0 unspecified atom stereocenters. The van der Waals surface area contributed by atoms with Crippen LogP contribution >= 0.6 is 0 Å². The lowest BCUT2D eigenvalue weighted by Crippen LogP contribution is -2.21. The van der Waals surface area contributed by atoms with E-state index in [0.29, 0.717) is 0 Å². The van der Waals surface area contributed by atoms with Gasteiger partial charge in [-0.3, -0.25) is 0 Å². The van der Waals surface area contributed by atoms with Crippen LogP contribution in [0.25, 0.3) is 0 Å². The molecular formula is C13H21NO2. The Bertz CT molecular complexity index is 289. The van der Waals surface area contributed by atoms with E-state index in [1.165, 1.54) is 5.56 Å². The highest BCUT2D eigenvalue weighted by atomic mass is 16.5. The first-order chi connectivity index (χ1) is 7.84. The molecule has 1 aromatic carbocycles. The fraction of sp³-hybridized carbons (Fsp3) is 0.538. The Hall–Kier alpha value is -1.06. The third kappa shape index (κ3) is 5.14. The fourth-order valence-electron chi connectivity index (χ4n) is 1.40.